The number of furan rings is 1. The molecule has 0 saturated carbocycles. The minimum atomic E-state index is -0.302. The van der Waals surface area contributed by atoms with Gasteiger partial charge in [0.25, 0.3) is 0 Å². The molecule has 1 aromatic carbocycles. The van der Waals surface area contributed by atoms with E-state index in [0.29, 0.717) is 24.2 Å². The van der Waals surface area contributed by atoms with E-state index in [1.165, 1.54) is 23.9 Å². The molecule has 0 aliphatic carbocycles. The fourth-order valence-electron chi connectivity index (χ4n) is 3.76. The van der Waals surface area contributed by atoms with Crippen molar-refractivity contribution in [2.75, 3.05) is 30.8 Å². The maximum absolute atomic E-state index is 13.4. The monoisotopic (exact) mass is 457 g/mol. The van der Waals surface area contributed by atoms with Crippen LogP contribution in [0.3, 0.4) is 0 Å². The van der Waals surface area contributed by atoms with Gasteiger partial charge in [-0.3, -0.25) is 9.36 Å². The molecule has 1 amide bonds. The maximum atomic E-state index is 13.4. The number of carbonyl (C=O) groups is 1. The van der Waals surface area contributed by atoms with Crippen molar-refractivity contribution in [2.24, 2.45) is 5.92 Å². The van der Waals surface area contributed by atoms with Gasteiger partial charge in [-0.15, -0.1) is 10.2 Å². The van der Waals surface area contributed by atoms with Crippen LogP contribution < -0.4 is 4.90 Å². The van der Waals surface area contributed by atoms with Gasteiger partial charge in [0.1, 0.15) is 11.6 Å². The van der Waals surface area contributed by atoms with Crippen molar-refractivity contribution in [3.05, 3.63) is 59.8 Å². The summed E-state index contributed by atoms with van der Waals surface area (Å²) in [6.07, 6.45) is 3.90. The molecule has 0 spiro atoms. The number of amides is 1. The van der Waals surface area contributed by atoms with Crippen molar-refractivity contribution in [3.8, 4) is 0 Å². The zero-order valence-electron chi connectivity index (χ0n) is 18.4. The van der Waals surface area contributed by atoms with Crippen LogP contribution in [0.15, 0.2) is 52.2 Å². The summed E-state index contributed by atoms with van der Waals surface area (Å²) < 4.78 is 21.0. The first kappa shape index (κ1) is 22.4. The van der Waals surface area contributed by atoms with Crippen LogP contribution in [-0.2, 0) is 17.9 Å². The number of carbonyl (C=O) groups excluding carboxylic acids is 1. The molecule has 32 heavy (non-hydrogen) atoms. The highest BCUT2D eigenvalue weighted by Gasteiger charge is 2.24. The Hall–Kier alpha value is -2.81. The number of nitrogens with zero attached hydrogens (tertiary/aromatic N) is 5. The van der Waals surface area contributed by atoms with Gasteiger partial charge in [0, 0.05) is 26.7 Å². The molecule has 0 unspecified atom stereocenters. The number of benzene rings is 1. The molecule has 1 fully saturated rings. The van der Waals surface area contributed by atoms with Gasteiger partial charge in [-0.2, -0.15) is 0 Å². The molecule has 170 valence electrons. The quantitative estimate of drug-likeness (QED) is 0.476. The third-order valence-electron chi connectivity index (χ3n) is 5.72. The molecule has 4 rings (SSSR count). The summed E-state index contributed by atoms with van der Waals surface area (Å²) in [6.45, 7) is 5.03. The average molecular weight is 458 g/mol. The number of rotatable bonds is 8. The summed E-state index contributed by atoms with van der Waals surface area (Å²) in [5, 5.41) is 9.53. The van der Waals surface area contributed by atoms with E-state index in [2.05, 4.69) is 22.0 Å². The SMILES string of the molecule is CC1CCN(c2nnc(SCC(=O)N(C)Cc3cccc(F)c3)n2Cc2ccco2)CC1. The number of aromatic nitrogens is 3. The lowest BCUT2D eigenvalue weighted by molar-refractivity contribution is -0.127. The van der Waals surface area contributed by atoms with Crippen molar-refractivity contribution in [1.82, 2.24) is 19.7 Å². The van der Waals surface area contributed by atoms with Crippen molar-refractivity contribution in [2.45, 2.75) is 38.0 Å². The van der Waals surface area contributed by atoms with Crippen LogP contribution in [-0.4, -0.2) is 51.5 Å². The molecule has 0 atom stereocenters. The summed E-state index contributed by atoms with van der Waals surface area (Å²) in [5.41, 5.74) is 0.758. The van der Waals surface area contributed by atoms with Crippen LogP contribution in [0.1, 0.15) is 31.1 Å². The molecule has 7 nitrogen and oxygen atoms in total. The molecule has 1 aliphatic rings. The lowest BCUT2D eigenvalue weighted by Crippen LogP contribution is -2.35. The van der Waals surface area contributed by atoms with Crippen molar-refractivity contribution < 1.29 is 13.6 Å². The zero-order chi connectivity index (χ0) is 22.5. The van der Waals surface area contributed by atoms with Crippen LogP contribution in [0.5, 0.6) is 0 Å². The minimum absolute atomic E-state index is 0.0554. The number of thioether (sulfide) groups is 1. The summed E-state index contributed by atoms with van der Waals surface area (Å²) in [7, 11) is 1.72. The summed E-state index contributed by atoms with van der Waals surface area (Å²) in [5.74, 6) is 2.21. The van der Waals surface area contributed by atoms with Gasteiger partial charge in [0.05, 0.1) is 18.6 Å². The molecule has 9 heteroatoms. The molecule has 1 aliphatic heterocycles. The fourth-order valence-corrected chi connectivity index (χ4v) is 4.63. The number of piperidine rings is 1. The smallest absolute Gasteiger partial charge is 0.233 e. The van der Waals surface area contributed by atoms with E-state index in [1.807, 2.05) is 22.8 Å². The van der Waals surface area contributed by atoms with E-state index >= 15 is 0 Å². The number of anilines is 1. The fraction of sp³-hybridized carbons (Fsp3) is 0.435. The Morgan fingerprint density at radius 2 is 2.06 bits per heavy atom. The molecule has 3 aromatic rings. The van der Waals surface area contributed by atoms with Gasteiger partial charge >= 0.3 is 0 Å². The molecule has 0 radical (unpaired) electrons. The highest BCUT2D eigenvalue weighted by molar-refractivity contribution is 7.99. The molecular formula is C23H28FN5O2S. The lowest BCUT2D eigenvalue weighted by atomic mass is 10.00. The Morgan fingerprint density at radius 1 is 1.25 bits per heavy atom. The predicted octanol–water partition coefficient (Wildman–Crippen LogP) is 4.05. The Labute approximate surface area is 191 Å². The number of hydrogen-bond acceptors (Lipinski definition) is 6. The second-order valence-electron chi connectivity index (χ2n) is 8.29. The largest absolute Gasteiger partial charge is 0.467 e. The first-order chi connectivity index (χ1) is 15.5. The Balaban J connectivity index is 1.44. The van der Waals surface area contributed by atoms with Crippen molar-refractivity contribution in [3.63, 3.8) is 0 Å². The summed E-state index contributed by atoms with van der Waals surface area (Å²) >= 11 is 1.36. The summed E-state index contributed by atoms with van der Waals surface area (Å²) in [4.78, 5) is 16.6. The minimum Gasteiger partial charge on any atom is -0.467 e. The molecule has 0 N–H and O–H groups in total. The third-order valence-corrected chi connectivity index (χ3v) is 6.67. The Bertz CT molecular complexity index is 1030. The lowest BCUT2D eigenvalue weighted by Gasteiger charge is -2.31. The van der Waals surface area contributed by atoms with E-state index in [4.69, 9.17) is 4.42 Å². The second-order valence-corrected chi connectivity index (χ2v) is 9.23. The highest BCUT2D eigenvalue weighted by atomic mass is 32.2. The van der Waals surface area contributed by atoms with E-state index in [9.17, 15) is 9.18 Å². The molecular weight excluding hydrogens is 429 g/mol. The van der Waals surface area contributed by atoms with Crippen molar-refractivity contribution >= 4 is 23.6 Å². The molecule has 1 saturated heterocycles. The van der Waals surface area contributed by atoms with E-state index < -0.39 is 0 Å². The first-order valence-electron chi connectivity index (χ1n) is 10.8. The van der Waals surface area contributed by atoms with Crippen molar-refractivity contribution in [1.29, 1.82) is 0 Å². The van der Waals surface area contributed by atoms with Crippen LogP contribution in [0.25, 0.3) is 0 Å². The van der Waals surface area contributed by atoms with Gasteiger partial charge in [-0.05, 0) is 48.6 Å². The van der Waals surface area contributed by atoms with Crippen LogP contribution in [0, 0.1) is 11.7 Å². The molecule has 3 heterocycles. The second kappa shape index (κ2) is 10.2. The third kappa shape index (κ3) is 5.51. The zero-order valence-corrected chi connectivity index (χ0v) is 19.2. The highest BCUT2D eigenvalue weighted by Crippen LogP contribution is 2.27. The standard InChI is InChI=1S/C23H28FN5O2S/c1-17-8-10-28(11-9-17)22-25-26-23(29(22)15-20-7-4-12-31-20)32-16-21(30)27(2)14-18-5-3-6-19(24)13-18/h3-7,12-13,17H,8-11,14-16H2,1-2H3. The molecule has 0 bridgehead atoms. The first-order valence-corrected chi connectivity index (χ1v) is 11.8. The number of halogens is 1. The Kier molecular flexibility index (Phi) is 7.14. The van der Waals surface area contributed by atoms with Gasteiger partial charge in [0.2, 0.25) is 11.9 Å². The maximum Gasteiger partial charge on any atom is 0.233 e. The van der Waals surface area contributed by atoms with Gasteiger partial charge in [-0.25, -0.2) is 4.39 Å². The summed E-state index contributed by atoms with van der Waals surface area (Å²) in [6, 6.07) is 10.1. The van der Waals surface area contributed by atoms with Gasteiger partial charge in [0.15, 0.2) is 5.16 Å². The Morgan fingerprint density at radius 3 is 2.78 bits per heavy atom. The average Bonchev–Trinajstić information content (AvgIpc) is 3.43. The predicted molar refractivity (Wildman–Crippen MR) is 122 cm³/mol. The van der Waals surface area contributed by atoms with Gasteiger partial charge < -0.3 is 14.2 Å². The van der Waals surface area contributed by atoms with E-state index in [1.54, 1.807) is 24.3 Å². The van der Waals surface area contributed by atoms with Crippen LogP contribution in [0.4, 0.5) is 10.3 Å². The van der Waals surface area contributed by atoms with Crippen LogP contribution in [0.2, 0.25) is 0 Å². The van der Waals surface area contributed by atoms with E-state index in [0.717, 1.165) is 43.2 Å². The van der Waals surface area contributed by atoms with E-state index in [-0.39, 0.29) is 17.5 Å². The topological polar surface area (TPSA) is 67.4 Å². The number of hydrogen-bond donors (Lipinski definition) is 0. The normalized spacial score (nSPS) is 14.7. The van der Waals surface area contributed by atoms with Gasteiger partial charge in [-0.1, -0.05) is 30.8 Å². The van der Waals surface area contributed by atoms with Crippen LogP contribution >= 0.6 is 11.8 Å². The molecule has 2 aromatic heterocycles.